The fraction of sp³-hybridized carbons (Fsp3) is 0.280. The lowest BCUT2D eigenvalue weighted by atomic mass is 10.1. The van der Waals surface area contributed by atoms with E-state index in [0.29, 0.717) is 19.8 Å². The SMILES string of the molecule is CCOc1cccc(CNCCc2ccc(S(N)(=O)=O)cc2)c1OCc1ccc(C)cc1. The van der Waals surface area contributed by atoms with Crippen molar-refractivity contribution in [2.24, 2.45) is 5.14 Å². The Morgan fingerprint density at radius 3 is 2.25 bits per heavy atom. The molecule has 0 saturated heterocycles. The number of benzene rings is 3. The van der Waals surface area contributed by atoms with Crippen molar-refractivity contribution < 1.29 is 17.9 Å². The summed E-state index contributed by atoms with van der Waals surface area (Å²) in [5.74, 6) is 1.48. The highest BCUT2D eigenvalue weighted by Gasteiger charge is 2.12. The Hall–Kier alpha value is -2.87. The van der Waals surface area contributed by atoms with Crippen molar-refractivity contribution in [3.63, 3.8) is 0 Å². The van der Waals surface area contributed by atoms with Crippen molar-refractivity contribution in [2.45, 2.75) is 38.3 Å². The number of sulfonamides is 1. The van der Waals surface area contributed by atoms with E-state index in [-0.39, 0.29) is 4.90 Å². The molecule has 0 amide bonds. The molecule has 0 aliphatic rings. The molecule has 3 aromatic rings. The molecule has 0 spiro atoms. The number of para-hydroxylation sites is 1. The van der Waals surface area contributed by atoms with Crippen molar-refractivity contribution in [1.82, 2.24) is 5.32 Å². The van der Waals surface area contributed by atoms with Gasteiger partial charge in [-0.3, -0.25) is 0 Å². The van der Waals surface area contributed by atoms with Crippen LogP contribution in [-0.4, -0.2) is 21.6 Å². The van der Waals surface area contributed by atoms with E-state index in [2.05, 4.69) is 36.5 Å². The summed E-state index contributed by atoms with van der Waals surface area (Å²) >= 11 is 0. The first-order valence-electron chi connectivity index (χ1n) is 10.6. The third kappa shape index (κ3) is 6.82. The van der Waals surface area contributed by atoms with E-state index < -0.39 is 10.0 Å². The number of rotatable bonds is 11. The third-order valence-electron chi connectivity index (χ3n) is 5.02. The summed E-state index contributed by atoms with van der Waals surface area (Å²) in [6.45, 7) is 6.40. The highest BCUT2D eigenvalue weighted by Crippen LogP contribution is 2.32. The molecule has 3 aromatic carbocycles. The maximum absolute atomic E-state index is 11.4. The van der Waals surface area contributed by atoms with Crippen LogP contribution in [0.2, 0.25) is 0 Å². The van der Waals surface area contributed by atoms with Gasteiger partial charge < -0.3 is 14.8 Å². The second kappa shape index (κ2) is 11.1. The summed E-state index contributed by atoms with van der Waals surface area (Å²) < 4.78 is 34.7. The molecule has 0 fully saturated rings. The highest BCUT2D eigenvalue weighted by atomic mass is 32.2. The van der Waals surface area contributed by atoms with Crippen LogP contribution in [0.5, 0.6) is 11.5 Å². The number of nitrogens with two attached hydrogens (primary N) is 1. The topological polar surface area (TPSA) is 90.6 Å². The molecule has 0 bridgehead atoms. The summed E-state index contributed by atoms with van der Waals surface area (Å²) in [4.78, 5) is 0.123. The Labute approximate surface area is 190 Å². The quantitative estimate of drug-likeness (QED) is 0.428. The van der Waals surface area contributed by atoms with Gasteiger partial charge in [0.25, 0.3) is 0 Å². The number of aryl methyl sites for hydroxylation is 1. The first-order valence-corrected chi connectivity index (χ1v) is 12.2. The Bertz CT molecular complexity index is 1110. The lowest BCUT2D eigenvalue weighted by molar-refractivity contribution is 0.266. The molecule has 0 unspecified atom stereocenters. The summed E-state index contributed by atoms with van der Waals surface area (Å²) in [5.41, 5.74) is 4.37. The van der Waals surface area contributed by atoms with Gasteiger partial charge in [-0.25, -0.2) is 13.6 Å². The van der Waals surface area contributed by atoms with Crippen LogP contribution in [0.4, 0.5) is 0 Å². The van der Waals surface area contributed by atoms with Crippen molar-refractivity contribution >= 4 is 10.0 Å². The summed E-state index contributed by atoms with van der Waals surface area (Å²) in [6, 6.07) is 20.8. The Morgan fingerprint density at radius 2 is 1.59 bits per heavy atom. The molecule has 3 N–H and O–H groups in total. The van der Waals surface area contributed by atoms with Gasteiger partial charge >= 0.3 is 0 Å². The maximum Gasteiger partial charge on any atom is 0.238 e. The van der Waals surface area contributed by atoms with E-state index in [1.165, 1.54) is 17.7 Å². The number of primary sulfonamides is 1. The number of nitrogens with one attached hydrogen (secondary N) is 1. The second-order valence-corrected chi connectivity index (χ2v) is 9.13. The predicted molar refractivity (Wildman–Crippen MR) is 126 cm³/mol. The number of ether oxygens (including phenoxy) is 2. The van der Waals surface area contributed by atoms with Gasteiger partial charge in [0.2, 0.25) is 10.0 Å². The third-order valence-corrected chi connectivity index (χ3v) is 5.95. The van der Waals surface area contributed by atoms with Crippen molar-refractivity contribution in [3.8, 4) is 11.5 Å². The van der Waals surface area contributed by atoms with Crippen LogP contribution in [0.15, 0.2) is 71.6 Å². The van der Waals surface area contributed by atoms with E-state index in [0.717, 1.165) is 41.2 Å². The van der Waals surface area contributed by atoms with Crippen LogP contribution in [-0.2, 0) is 29.6 Å². The smallest absolute Gasteiger partial charge is 0.238 e. The van der Waals surface area contributed by atoms with Gasteiger partial charge in [-0.1, -0.05) is 54.1 Å². The monoisotopic (exact) mass is 454 g/mol. The zero-order valence-corrected chi connectivity index (χ0v) is 19.3. The Balaban J connectivity index is 1.61. The van der Waals surface area contributed by atoms with Gasteiger partial charge in [-0.15, -0.1) is 0 Å². The average molecular weight is 455 g/mol. The van der Waals surface area contributed by atoms with Crippen LogP contribution in [0, 0.1) is 6.92 Å². The van der Waals surface area contributed by atoms with E-state index in [4.69, 9.17) is 14.6 Å². The van der Waals surface area contributed by atoms with Gasteiger partial charge in [0, 0.05) is 12.1 Å². The lowest BCUT2D eigenvalue weighted by Crippen LogP contribution is -2.18. The first-order chi connectivity index (χ1) is 15.4. The fourth-order valence-corrected chi connectivity index (χ4v) is 3.79. The van der Waals surface area contributed by atoms with Crippen molar-refractivity contribution in [1.29, 1.82) is 0 Å². The minimum atomic E-state index is -3.66. The summed E-state index contributed by atoms with van der Waals surface area (Å²) in [5, 5.41) is 8.58. The molecule has 0 radical (unpaired) electrons. The van der Waals surface area contributed by atoms with Crippen LogP contribution in [0.1, 0.15) is 29.2 Å². The van der Waals surface area contributed by atoms with Crippen LogP contribution < -0.4 is 19.9 Å². The molecule has 7 heteroatoms. The standard InChI is InChI=1S/C25H30N2O4S/c1-3-30-24-6-4-5-22(25(24)31-18-21-9-7-19(2)8-10-21)17-27-16-15-20-11-13-23(14-12-20)32(26,28)29/h4-14,27H,3,15-18H2,1-2H3,(H2,26,28,29). The normalized spacial score (nSPS) is 11.3. The largest absolute Gasteiger partial charge is 0.490 e. The Kier molecular flexibility index (Phi) is 8.27. The first kappa shape index (κ1) is 23.8. The van der Waals surface area contributed by atoms with Gasteiger partial charge in [0.15, 0.2) is 11.5 Å². The molecule has 0 atom stereocenters. The lowest BCUT2D eigenvalue weighted by Gasteiger charge is -2.17. The fourth-order valence-electron chi connectivity index (χ4n) is 3.27. The molecule has 3 rings (SSSR count). The number of hydrogen-bond acceptors (Lipinski definition) is 5. The Morgan fingerprint density at radius 1 is 0.906 bits per heavy atom. The second-order valence-electron chi connectivity index (χ2n) is 7.57. The summed E-state index contributed by atoms with van der Waals surface area (Å²) in [7, 11) is -3.66. The molecule has 0 aliphatic heterocycles. The van der Waals surface area contributed by atoms with Crippen LogP contribution in [0.25, 0.3) is 0 Å². The molecule has 0 aliphatic carbocycles. The number of hydrogen-bond donors (Lipinski definition) is 2. The van der Waals surface area contributed by atoms with E-state index in [1.54, 1.807) is 12.1 Å². The van der Waals surface area contributed by atoms with Gasteiger partial charge in [-0.2, -0.15) is 0 Å². The minimum absolute atomic E-state index is 0.123. The minimum Gasteiger partial charge on any atom is -0.490 e. The maximum atomic E-state index is 11.4. The molecule has 0 saturated carbocycles. The van der Waals surface area contributed by atoms with Crippen molar-refractivity contribution in [3.05, 3.63) is 89.0 Å². The van der Waals surface area contributed by atoms with Gasteiger partial charge in [0.05, 0.1) is 11.5 Å². The molecule has 32 heavy (non-hydrogen) atoms. The molecular weight excluding hydrogens is 424 g/mol. The van der Waals surface area contributed by atoms with Crippen LogP contribution in [0.3, 0.4) is 0 Å². The zero-order chi connectivity index (χ0) is 23.0. The van der Waals surface area contributed by atoms with Crippen molar-refractivity contribution in [2.75, 3.05) is 13.2 Å². The molecule has 0 heterocycles. The van der Waals surface area contributed by atoms with Crippen LogP contribution >= 0.6 is 0 Å². The molecular formula is C25H30N2O4S. The average Bonchev–Trinajstić information content (AvgIpc) is 2.77. The molecule has 6 nitrogen and oxygen atoms in total. The molecule has 170 valence electrons. The van der Waals surface area contributed by atoms with E-state index in [1.807, 2.05) is 25.1 Å². The summed E-state index contributed by atoms with van der Waals surface area (Å²) in [6.07, 6.45) is 0.760. The van der Waals surface area contributed by atoms with Gasteiger partial charge in [0.1, 0.15) is 6.61 Å². The van der Waals surface area contributed by atoms with E-state index >= 15 is 0 Å². The van der Waals surface area contributed by atoms with Gasteiger partial charge in [-0.05, 0) is 56.1 Å². The predicted octanol–water partition coefficient (Wildman–Crippen LogP) is 3.95. The zero-order valence-electron chi connectivity index (χ0n) is 18.5. The molecule has 0 aromatic heterocycles. The van der Waals surface area contributed by atoms with E-state index in [9.17, 15) is 8.42 Å². The highest BCUT2D eigenvalue weighted by molar-refractivity contribution is 7.89.